The largest absolute Gasteiger partial charge is 0.456 e. The molecule has 0 amide bonds. The van der Waals surface area contributed by atoms with Crippen molar-refractivity contribution in [1.29, 1.82) is 0 Å². The van der Waals surface area contributed by atoms with Crippen molar-refractivity contribution in [1.82, 2.24) is 9.97 Å². The molecule has 6 heteroatoms. The van der Waals surface area contributed by atoms with Gasteiger partial charge >= 0.3 is 5.97 Å². The molecule has 0 aliphatic heterocycles. The van der Waals surface area contributed by atoms with Crippen LogP contribution in [0.2, 0.25) is 10.0 Å². The second kappa shape index (κ2) is 7.91. The highest BCUT2D eigenvalue weighted by Crippen LogP contribution is 2.32. The first-order valence-corrected chi connectivity index (χ1v) is 9.70. The molecular formula is C21H22Cl2N2O2. The second-order valence-corrected chi connectivity index (χ2v) is 7.71. The lowest BCUT2D eigenvalue weighted by molar-refractivity contribution is 0.0464. The van der Waals surface area contributed by atoms with E-state index in [0.717, 1.165) is 34.3 Å². The van der Waals surface area contributed by atoms with Crippen LogP contribution in [0.1, 0.15) is 59.7 Å². The van der Waals surface area contributed by atoms with Gasteiger partial charge in [-0.2, -0.15) is 0 Å². The molecule has 0 bridgehead atoms. The standard InChI is InChI=1S/C21H22Cl2N2O2/c1-5-16-13(6-7-17(24-16)11(2)3)10-27-21(26)20-12(4)19-15(23)8-14(22)9-18(19)25-20/h6-9,11,25H,5,10H2,1-4H3. The Morgan fingerprint density at radius 3 is 2.67 bits per heavy atom. The Bertz CT molecular complexity index is 1010. The third-order valence-electron chi connectivity index (χ3n) is 4.64. The van der Waals surface area contributed by atoms with Crippen molar-refractivity contribution in [2.75, 3.05) is 0 Å². The lowest BCUT2D eigenvalue weighted by atomic mass is 10.1. The van der Waals surface area contributed by atoms with Gasteiger partial charge in [0.25, 0.3) is 0 Å². The van der Waals surface area contributed by atoms with Gasteiger partial charge in [-0.15, -0.1) is 0 Å². The van der Waals surface area contributed by atoms with Crippen LogP contribution in [0.5, 0.6) is 0 Å². The number of aromatic nitrogens is 2. The number of hydrogen-bond acceptors (Lipinski definition) is 3. The molecule has 3 aromatic rings. The highest BCUT2D eigenvalue weighted by atomic mass is 35.5. The van der Waals surface area contributed by atoms with Crippen LogP contribution >= 0.6 is 23.2 Å². The lowest BCUT2D eigenvalue weighted by Gasteiger charge is -2.12. The van der Waals surface area contributed by atoms with E-state index in [9.17, 15) is 4.79 Å². The Balaban J connectivity index is 1.84. The van der Waals surface area contributed by atoms with Crippen molar-refractivity contribution < 1.29 is 9.53 Å². The summed E-state index contributed by atoms with van der Waals surface area (Å²) in [5.41, 5.74) is 4.77. The second-order valence-electron chi connectivity index (χ2n) is 6.86. The number of rotatable bonds is 5. The molecule has 0 radical (unpaired) electrons. The van der Waals surface area contributed by atoms with Gasteiger partial charge in [0.15, 0.2) is 0 Å². The van der Waals surface area contributed by atoms with Crippen molar-refractivity contribution in [2.24, 2.45) is 0 Å². The van der Waals surface area contributed by atoms with Crippen LogP contribution in [0.3, 0.4) is 0 Å². The van der Waals surface area contributed by atoms with Gasteiger partial charge in [-0.25, -0.2) is 4.79 Å². The molecule has 0 saturated heterocycles. The van der Waals surface area contributed by atoms with E-state index in [2.05, 4.69) is 23.8 Å². The highest BCUT2D eigenvalue weighted by molar-refractivity contribution is 6.39. The molecule has 0 aliphatic rings. The van der Waals surface area contributed by atoms with Gasteiger partial charge < -0.3 is 9.72 Å². The van der Waals surface area contributed by atoms with Crippen LogP contribution in [0.25, 0.3) is 10.9 Å². The monoisotopic (exact) mass is 404 g/mol. The Morgan fingerprint density at radius 1 is 1.26 bits per heavy atom. The van der Waals surface area contributed by atoms with Gasteiger partial charge in [0.2, 0.25) is 0 Å². The number of H-pyrrole nitrogens is 1. The molecule has 0 atom stereocenters. The van der Waals surface area contributed by atoms with E-state index in [-0.39, 0.29) is 6.61 Å². The molecule has 0 saturated carbocycles. The normalized spacial score (nSPS) is 11.4. The van der Waals surface area contributed by atoms with Crippen LogP contribution in [-0.4, -0.2) is 15.9 Å². The van der Waals surface area contributed by atoms with Crippen molar-refractivity contribution in [3.8, 4) is 0 Å². The zero-order valence-corrected chi connectivity index (χ0v) is 17.3. The number of aromatic amines is 1. The SMILES string of the molecule is CCc1nc(C(C)C)ccc1COC(=O)c1[nH]c2cc(Cl)cc(Cl)c2c1C. The number of hydrogen-bond donors (Lipinski definition) is 1. The Labute approximate surface area is 168 Å². The number of halogens is 2. The van der Waals surface area contributed by atoms with Gasteiger partial charge in [0, 0.05) is 32.9 Å². The number of ether oxygens (including phenoxy) is 1. The molecule has 4 nitrogen and oxygen atoms in total. The van der Waals surface area contributed by atoms with Gasteiger partial charge in [-0.1, -0.05) is 50.0 Å². The Kier molecular flexibility index (Phi) is 5.78. The van der Waals surface area contributed by atoms with Gasteiger partial charge in [0.05, 0.1) is 5.02 Å². The summed E-state index contributed by atoms with van der Waals surface area (Å²) >= 11 is 12.3. The van der Waals surface area contributed by atoms with Crippen LogP contribution in [-0.2, 0) is 17.8 Å². The summed E-state index contributed by atoms with van der Waals surface area (Å²) in [6.07, 6.45) is 0.785. The third-order valence-corrected chi connectivity index (χ3v) is 5.16. The minimum absolute atomic E-state index is 0.177. The van der Waals surface area contributed by atoms with Crippen molar-refractivity contribution >= 4 is 40.1 Å². The molecule has 0 aliphatic carbocycles. The van der Waals surface area contributed by atoms with Gasteiger partial charge in [-0.05, 0) is 43.0 Å². The zero-order valence-electron chi connectivity index (χ0n) is 15.8. The molecule has 2 heterocycles. The van der Waals surface area contributed by atoms with Crippen molar-refractivity contribution in [3.63, 3.8) is 0 Å². The summed E-state index contributed by atoms with van der Waals surface area (Å²) in [5.74, 6) is -0.0663. The van der Waals surface area contributed by atoms with Crippen molar-refractivity contribution in [2.45, 2.75) is 46.6 Å². The number of carbonyl (C=O) groups is 1. The van der Waals surface area contributed by atoms with Gasteiger partial charge in [-0.3, -0.25) is 4.98 Å². The molecule has 142 valence electrons. The fraction of sp³-hybridized carbons (Fsp3) is 0.333. The first kappa shape index (κ1) is 19.7. The van der Waals surface area contributed by atoms with Crippen LogP contribution in [0.15, 0.2) is 24.3 Å². The van der Waals surface area contributed by atoms with E-state index in [0.29, 0.717) is 27.2 Å². The first-order valence-electron chi connectivity index (χ1n) is 8.95. The maximum Gasteiger partial charge on any atom is 0.355 e. The minimum Gasteiger partial charge on any atom is -0.456 e. The summed E-state index contributed by atoms with van der Waals surface area (Å²) in [7, 11) is 0. The summed E-state index contributed by atoms with van der Waals surface area (Å²) in [6.45, 7) is 8.28. The highest BCUT2D eigenvalue weighted by Gasteiger charge is 2.19. The molecule has 0 spiro atoms. The fourth-order valence-corrected chi connectivity index (χ4v) is 3.77. The number of fused-ring (bicyclic) bond motifs is 1. The lowest BCUT2D eigenvalue weighted by Crippen LogP contribution is -2.09. The van der Waals surface area contributed by atoms with Crippen LogP contribution < -0.4 is 0 Å². The molecule has 27 heavy (non-hydrogen) atoms. The number of carbonyl (C=O) groups excluding carboxylic acids is 1. The van der Waals surface area contributed by atoms with Crippen LogP contribution in [0.4, 0.5) is 0 Å². The van der Waals surface area contributed by atoms with E-state index >= 15 is 0 Å². The van der Waals surface area contributed by atoms with E-state index < -0.39 is 5.97 Å². The molecular weight excluding hydrogens is 383 g/mol. The predicted octanol–water partition coefficient (Wildman–Crippen LogP) is 6.22. The quantitative estimate of drug-likeness (QED) is 0.513. The summed E-state index contributed by atoms with van der Waals surface area (Å²) in [6, 6.07) is 7.39. The van der Waals surface area contributed by atoms with Crippen molar-refractivity contribution in [3.05, 3.63) is 62.5 Å². The number of nitrogens with one attached hydrogen (secondary N) is 1. The topological polar surface area (TPSA) is 55.0 Å². The number of aryl methyl sites for hydroxylation is 2. The van der Waals surface area contributed by atoms with E-state index in [4.69, 9.17) is 27.9 Å². The molecule has 3 rings (SSSR count). The summed E-state index contributed by atoms with van der Waals surface area (Å²) in [5, 5.41) is 1.80. The molecule has 0 unspecified atom stereocenters. The van der Waals surface area contributed by atoms with E-state index in [1.165, 1.54) is 0 Å². The number of pyridine rings is 1. The average Bonchev–Trinajstić information content (AvgIpc) is 2.96. The minimum atomic E-state index is -0.425. The predicted molar refractivity (Wildman–Crippen MR) is 110 cm³/mol. The smallest absolute Gasteiger partial charge is 0.355 e. The molecule has 2 aromatic heterocycles. The third kappa shape index (κ3) is 3.97. The van der Waals surface area contributed by atoms with Crippen LogP contribution in [0, 0.1) is 6.92 Å². The number of nitrogens with zero attached hydrogens (tertiary/aromatic N) is 1. The summed E-state index contributed by atoms with van der Waals surface area (Å²) < 4.78 is 5.55. The van der Waals surface area contributed by atoms with E-state index in [1.807, 2.05) is 26.0 Å². The van der Waals surface area contributed by atoms with Gasteiger partial charge in [0.1, 0.15) is 12.3 Å². The maximum atomic E-state index is 12.6. The maximum absolute atomic E-state index is 12.6. The number of esters is 1. The van der Waals surface area contributed by atoms with E-state index in [1.54, 1.807) is 12.1 Å². The summed E-state index contributed by atoms with van der Waals surface area (Å²) in [4.78, 5) is 20.4. The zero-order chi connectivity index (χ0) is 19.7. The molecule has 1 N–H and O–H groups in total. The Morgan fingerprint density at radius 2 is 2.00 bits per heavy atom. The fourth-order valence-electron chi connectivity index (χ4n) is 3.13. The number of benzene rings is 1. The Hall–Kier alpha value is -2.04. The average molecular weight is 405 g/mol. The molecule has 0 fully saturated rings. The first-order chi connectivity index (χ1) is 12.8. The molecule has 1 aromatic carbocycles.